The maximum Gasteiger partial charge on any atom is 0.416 e. The minimum atomic E-state index is -4.49. The van der Waals surface area contributed by atoms with E-state index >= 15 is 0 Å². The van der Waals surface area contributed by atoms with Crippen LogP contribution in [0, 0.1) is 0 Å². The molecule has 1 nitrogen and oxygen atoms in total. The van der Waals surface area contributed by atoms with Crippen molar-refractivity contribution in [3.8, 4) is 0 Å². The van der Waals surface area contributed by atoms with Crippen molar-refractivity contribution in [2.45, 2.75) is 44.1 Å². The van der Waals surface area contributed by atoms with Crippen LogP contribution < -0.4 is 0 Å². The summed E-state index contributed by atoms with van der Waals surface area (Å²) < 4.78 is 73.1. The molecule has 0 saturated heterocycles. The molecule has 0 aliphatic rings. The van der Waals surface area contributed by atoms with Gasteiger partial charge in [0.05, 0.1) is 11.2 Å². The Morgan fingerprint density at radius 2 is 1.30 bits per heavy atom. The Labute approximate surface area is 112 Å². The molecule has 114 valence electrons. The van der Waals surface area contributed by atoms with Crippen molar-refractivity contribution in [1.82, 2.24) is 0 Å². The summed E-state index contributed by atoms with van der Waals surface area (Å²) in [6.45, 7) is 1.28. The van der Waals surface area contributed by atoms with Gasteiger partial charge in [0.15, 0.2) is 0 Å². The van der Waals surface area contributed by atoms with Crippen LogP contribution >= 0.6 is 0 Å². The van der Waals surface area contributed by atoms with Gasteiger partial charge in [0, 0.05) is 6.42 Å². The summed E-state index contributed by atoms with van der Waals surface area (Å²) in [6.07, 6.45) is -10.3. The van der Waals surface area contributed by atoms with Crippen molar-refractivity contribution in [3.05, 3.63) is 35.4 Å². The zero-order valence-electron chi connectivity index (χ0n) is 10.6. The Morgan fingerprint density at radius 3 is 1.70 bits per heavy atom. The Kier molecular flexibility index (Phi) is 4.74. The molecule has 0 aliphatic carbocycles. The van der Waals surface area contributed by atoms with Crippen LogP contribution in [-0.4, -0.2) is 11.3 Å². The van der Waals surface area contributed by atoms with Gasteiger partial charge in [0.1, 0.15) is 0 Å². The first-order valence-corrected chi connectivity index (χ1v) is 5.89. The maximum absolute atomic E-state index is 12.4. The van der Waals surface area contributed by atoms with Crippen LogP contribution in [-0.2, 0) is 11.8 Å². The van der Waals surface area contributed by atoms with Crippen molar-refractivity contribution in [3.63, 3.8) is 0 Å². The van der Waals surface area contributed by atoms with E-state index in [2.05, 4.69) is 0 Å². The minimum Gasteiger partial charge on any atom is -0.385 e. The lowest BCUT2D eigenvalue weighted by atomic mass is 9.90. The summed E-state index contributed by atoms with van der Waals surface area (Å²) in [5, 5.41) is 10.0. The third-order valence-corrected chi connectivity index (χ3v) is 2.96. The maximum atomic E-state index is 12.4. The molecule has 7 heteroatoms. The number of benzene rings is 1. The van der Waals surface area contributed by atoms with Crippen LogP contribution in [0.2, 0.25) is 0 Å². The van der Waals surface area contributed by atoms with E-state index < -0.39 is 29.9 Å². The number of hydrogen-bond acceptors (Lipinski definition) is 1. The van der Waals surface area contributed by atoms with Gasteiger partial charge in [-0.1, -0.05) is 12.1 Å². The summed E-state index contributed by atoms with van der Waals surface area (Å²) in [5.41, 5.74) is -2.30. The SMILES string of the molecule is CC(O)(CCCC(F)(F)F)c1ccc(C(F)(F)F)cc1. The number of alkyl halides is 6. The zero-order valence-corrected chi connectivity index (χ0v) is 10.6. The van der Waals surface area contributed by atoms with Gasteiger partial charge in [0.25, 0.3) is 0 Å². The molecule has 0 bridgehead atoms. The van der Waals surface area contributed by atoms with Crippen LogP contribution in [0.15, 0.2) is 24.3 Å². The van der Waals surface area contributed by atoms with E-state index in [-0.39, 0.29) is 18.4 Å². The molecule has 0 amide bonds. The summed E-state index contributed by atoms with van der Waals surface area (Å²) in [4.78, 5) is 0. The minimum absolute atomic E-state index is 0.160. The van der Waals surface area contributed by atoms with Crippen molar-refractivity contribution in [2.75, 3.05) is 0 Å². The van der Waals surface area contributed by atoms with Gasteiger partial charge < -0.3 is 5.11 Å². The average Bonchev–Trinajstić information content (AvgIpc) is 2.26. The number of rotatable bonds is 4. The second-order valence-corrected chi connectivity index (χ2v) is 4.82. The molecule has 1 N–H and O–H groups in total. The summed E-state index contributed by atoms with van der Waals surface area (Å²) in [5.74, 6) is 0. The fourth-order valence-electron chi connectivity index (χ4n) is 1.80. The molecule has 0 aromatic heterocycles. The van der Waals surface area contributed by atoms with Gasteiger partial charge in [-0.15, -0.1) is 0 Å². The Balaban J connectivity index is 2.73. The first-order valence-electron chi connectivity index (χ1n) is 5.89. The molecule has 20 heavy (non-hydrogen) atoms. The lowest BCUT2D eigenvalue weighted by molar-refractivity contribution is -0.139. The molecule has 1 aromatic rings. The molecule has 0 spiro atoms. The van der Waals surface area contributed by atoms with E-state index in [1.54, 1.807) is 0 Å². The highest BCUT2D eigenvalue weighted by Crippen LogP contribution is 2.33. The first kappa shape index (κ1) is 16.8. The Bertz CT molecular complexity index is 430. The fraction of sp³-hybridized carbons (Fsp3) is 0.538. The van der Waals surface area contributed by atoms with Gasteiger partial charge in [-0.2, -0.15) is 26.3 Å². The molecule has 0 aliphatic heterocycles. The third kappa shape index (κ3) is 5.03. The molecule has 1 rings (SSSR count). The van der Waals surface area contributed by atoms with Gasteiger partial charge in [0.2, 0.25) is 0 Å². The van der Waals surface area contributed by atoms with E-state index in [9.17, 15) is 31.4 Å². The lowest BCUT2D eigenvalue weighted by Crippen LogP contribution is -2.22. The van der Waals surface area contributed by atoms with Crippen LogP contribution in [0.25, 0.3) is 0 Å². The predicted molar refractivity (Wildman–Crippen MR) is 60.9 cm³/mol. The van der Waals surface area contributed by atoms with Gasteiger partial charge in [-0.25, -0.2) is 0 Å². The summed E-state index contributed by atoms with van der Waals surface area (Å²) in [6, 6.07) is 3.76. The van der Waals surface area contributed by atoms with Crippen LogP contribution in [0.3, 0.4) is 0 Å². The normalized spacial score (nSPS) is 16.0. The largest absolute Gasteiger partial charge is 0.416 e. The van der Waals surface area contributed by atoms with E-state index in [0.29, 0.717) is 0 Å². The van der Waals surface area contributed by atoms with E-state index in [1.807, 2.05) is 0 Å². The number of aliphatic hydroxyl groups is 1. The fourth-order valence-corrected chi connectivity index (χ4v) is 1.80. The van der Waals surface area contributed by atoms with E-state index in [0.717, 1.165) is 24.3 Å². The predicted octanol–water partition coefficient (Wildman–Crippen LogP) is 4.65. The average molecular weight is 300 g/mol. The number of hydrogen-bond donors (Lipinski definition) is 1. The Hall–Kier alpha value is -1.24. The van der Waals surface area contributed by atoms with Crippen molar-refractivity contribution in [2.24, 2.45) is 0 Å². The van der Waals surface area contributed by atoms with Crippen molar-refractivity contribution in [1.29, 1.82) is 0 Å². The molecule has 0 heterocycles. The van der Waals surface area contributed by atoms with Gasteiger partial charge >= 0.3 is 12.4 Å². The molecule has 0 radical (unpaired) electrons. The number of halogens is 6. The zero-order chi connectivity index (χ0) is 15.6. The second kappa shape index (κ2) is 5.63. The van der Waals surface area contributed by atoms with Gasteiger partial charge in [-0.05, 0) is 37.5 Å². The van der Waals surface area contributed by atoms with Crippen molar-refractivity contribution < 1.29 is 31.4 Å². The topological polar surface area (TPSA) is 20.2 Å². The van der Waals surface area contributed by atoms with Gasteiger partial charge in [-0.3, -0.25) is 0 Å². The second-order valence-electron chi connectivity index (χ2n) is 4.82. The molecule has 1 aromatic carbocycles. The molecule has 1 atom stereocenters. The summed E-state index contributed by atoms with van der Waals surface area (Å²) in [7, 11) is 0. The molecule has 0 saturated carbocycles. The quantitative estimate of drug-likeness (QED) is 0.803. The summed E-state index contributed by atoms with van der Waals surface area (Å²) >= 11 is 0. The smallest absolute Gasteiger partial charge is 0.385 e. The molecular weight excluding hydrogens is 286 g/mol. The standard InChI is InChI=1S/C13H14F6O/c1-11(20,7-2-8-12(14,15)16)9-3-5-10(6-4-9)13(17,18)19/h3-6,20H,2,7-8H2,1H3. The highest BCUT2D eigenvalue weighted by Gasteiger charge is 2.32. The molecule has 1 unspecified atom stereocenters. The van der Waals surface area contributed by atoms with Crippen LogP contribution in [0.1, 0.15) is 37.3 Å². The van der Waals surface area contributed by atoms with E-state index in [1.165, 1.54) is 6.92 Å². The first-order chi connectivity index (χ1) is 8.92. The Morgan fingerprint density at radius 1 is 0.850 bits per heavy atom. The van der Waals surface area contributed by atoms with Crippen LogP contribution in [0.5, 0.6) is 0 Å². The van der Waals surface area contributed by atoms with Crippen molar-refractivity contribution >= 4 is 0 Å². The van der Waals surface area contributed by atoms with E-state index in [4.69, 9.17) is 0 Å². The monoisotopic (exact) mass is 300 g/mol. The highest BCUT2D eigenvalue weighted by atomic mass is 19.4. The molecular formula is C13H14F6O. The van der Waals surface area contributed by atoms with Crippen LogP contribution in [0.4, 0.5) is 26.3 Å². The lowest BCUT2D eigenvalue weighted by Gasteiger charge is -2.24. The third-order valence-electron chi connectivity index (χ3n) is 2.96. The molecule has 0 fully saturated rings. The highest BCUT2D eigenvalue weighted by molar-refractivity contribution is 5.28.